The number of fused-ring (bicyclic) bond motifs is 1. The van der Waals surface area contributed by atoms with Gasteiger partial charge in [-0.3, -0.25) is 4.40 Å². The van der Waals surface area contributed by atoms with Crippen LogP contribution < -0.4 is 5.32 Å². The highest BCUT2D eigenvalue weighted by atomic mass is 32.1. The SMILES string of the molecule is CCCC1CCC(CNC)C(Cc2cn3ccsc3n2)C1. The van der Waals surface area contributed by atoms with Crippen LogP contribution in [0.25, 0.3) is 4.96 Å². The van der Waals surface area contributed by atoms with Crippen LogP contribution in [0.5, 0.6) is 0 Å². The van der Waals surface area contributed by atoms with Gasteiger partial charge in [-0.2, -0.15) is 0 Å². The Bertz CT molecular complexity index is 531. The molecule has 2 aromatic rings. The molecule has 1 saturated carbocycles. The van der Waals surface area contributed by atoms with Gasteiger partial charge in [0.15, 0.2) is 4.96 Å². The number of aromatic nitrogens is 2. The Hall–Kier alpha value is -0.870. The first kappa shape index (κ1) is 15.0. The number of rotatable bonds is 6. The summed E-state index contributed by atoms with van der Waals surface area (Å²) in [5.74, 6) is 2.56. The Morgan fingerprint density at radius 2 is 2.29 bits per heavy atom. The van der Waals surface area contributed by atoms with Crippen molar-refractivity contribution in [1.82, 2.24) is 14.7 Å². The van der Waals surface area contributed by atoms with E-state index < -0.39 is 0 Å². The van der Waals surface area contributed by atoms with Crippen molar-refractivity contribution in [3.63, 3.8) is 0 Å². The molecule has 2 aromatic heterocycles. The summed E-state index contributed by atoms with van der Waals surface area (Å²) < 4.78 is 2.17. The second-order valence-electron chi connectivity index (χ2n) is 6.57. The lowest BCUT2D eigenvalue weighted by Gasteiger charge is -2.36. The van der Waals surface area contributed by atoms with Gasteiger partial charge in [0.1, 0.15) is 0 Å². The average Bonchev–Trinajstić information content (AvgIpc) is 3.03. The molecule has 0 saturated heterocycles. The normalized spacial score (nSPS) is 26.5. The largest absolute Gasteiger partial charge is 0.319 e. The maximum absolute atomic E-state index is 4.79. The van der Waals surface area contributed by atoms with Gasteiger partial charge in [-0.25, -0.2) is 4.98 Å². The van der Waals surface area contributed by atoms with E-state index in [9.17, 15) is 0 Å². The number of nitrogens with zero attached hydrogens (tertiary/aromatic N) is 2. The third-order valence-corrected chi connectivity index (χ3v) is 5.80. The van der Waals surface area contributed by atoms with Crippen LogP contribution in [0, 0.1) is 17.8 Å². The summed E-state index contributed by atoms with van der Waals surface area (Å²) >= 11 is 1.73. The summed E-state index contributed by atoms with van der Waals surface area (Å²) in [5.41, 5.74) is 1.28. The molecule has 116 valence electrons. The van der Waals surface area contributed by atoms with Crippen LogP contribution in [0.4, 0.5) is 0 Å². The minimum Gasteiger partial charge on any atom is -0.319 e. The maximum Gasteiger partial charge on any atom is 0.193 e. The van der Waals surface area contributed by atoms with Crippen molar-refractivity contribution in [2.24, 2.45) is 17.8 Å². The molecule has 0 radical (unpaired) electrons. The van der Waals surface area contributed by atoms with Crippen LogP contribution in [0.1, 0.15) is 44.7 Å². The van der Waals surface area contributed by atoms with Gasteiger partial charge in [0.25, 0.3) is 0 Å². The van der Waals surface area contributed by atoms with Gasteiger partial charge >= 0.3 is 0 Å². The number of hydrogen-bond acceptors (Lipinski definition) is 3. The van der Waals surface area contributed by atoms with Gasteiger partial charge in [0, 0.05) is 17.8 Å². The Morgan fingerprint density at radius 3 is 3.05 bits per heavy atom. The van der Waals surface area contributed by atoms with Gasteiger partial charge < -0.3 is 5.32 Å². The molecule has 0 spiro atoms. The van der Waals surface area contributed by atoms with Crippen LogP contribution in [-0.4, -0.2) is 23.0 Å². The van der Waals surface area contributed by atoms with Crippen molar-refractivity contribution in [3.8, 4) is 0 Å². The van der Waals surface area contributed by atoms with E-state index in [-0.39, 0.29) is 0 Å². The van der Waals surface area contributed by atoms with Gasteiger partial charge in [0.2, 0.25) is 0 Å². The topological polar surface area (TPSA) is 29.3 Å². The fourth-order valence-electron chi connectivity index (χ4n) is 4.02. The minimum absolute atomic E-state index is 0.798. The third-order valence-electron chi connectivity index (χ3n) is 5.03. The predicted octanol–water partition coefficient (Wildman–Crippen LogP) is 3.99. The van der Waals surface area contributed by atoms with Crippen molar-refractivity contribution >= 4 is 16.3 Å². The van der Waals surface area contributed by atoms with Crippen LogP contribution in [0.2, 0.25) is 0 Å². The molecule has 21 heavy (non-hydrogen) atoms. The smallest absolute Gasteiger partial charge is 0.193 e. The Morgan fingerprint density at radius 1 is 1.38 bits per heavy atom. The second kappa shape index (κ2) is 6.93. The molecule has 3 unspecified atom stereocenters. The number of hydrogen-bond donors (Lipinski definition) is 1. The molecule has 4 heteroatoms. The van der Waals surface area contributed by atoms with E-state index in [0.717, 1.165) is 35.7 Å². The zero-order chi connectivity index (χ0) is 14.7. The first-order chi connectivity index (χ1) is 10.3. The van der Waals surface area contributed by atoms with Crippen LogP contribution >= 0.6 is 11.3 Å². The van der Waals surface area contributed by atoms with E-state index >= 15 is 0 Å². The molecule has 2 heterocycles. The lowest BCUT2D eigenvalue weighted by Crippen LogP contribution is -2.33. The van der Waals surface area contributed by atoms with Crippen LogP contribution in [0.3, 0.4) is 0 Å². The van der Waals surface area contributed by atoms with Crippen molar-refractivity contribution in [3.05, 3.63) is 23.5 Å². The van der Waals surface area contributed by atoms with Gasteiger partial charge in [-0.1, -0.05) is 26.2 Å². The van der Waals surface area contributed by atoms with E-state index in [4.69, 9.17) is 4.98 Å². The quantitative estimate of drug-likeness (QED) is 0.874. The fraction of sp³-hybridized carbons (Fsp3) is 0.706. The van der Waals surface area contributed by atoms with Crippen molar-refractivity contribution in [1.29, 1.82) is 0 Å². The van der Waals surface area contributed by atoms with Gasteiger partial charge in [-0.05, 0) is 50.6 Å². The van der Waals surface area contributed by atoms with Crippen LogP contribution in [0.15, 0.2) is 17.8 Å². The highest BCUT2D eigenvalue weighted by Gasteiger charge is 2.30. The molecular weight excluding hydrogens is 278 g/mol. The Labute approximate surface area is 131 Å². The molecule has 1 aliphatic rings. The summed E-state index contributed by atoms with van der Waals surface area (Å²) in [6.45, 7) is 3.48. The highest BCUT2D eigenvalue weighted by Crippen LogP contribution is 2.37. The summed E-state index contributed by atoms with van der Waals surface area (Å²) in [6.07, 6.45) is 12.4. The number of thiazole rings is 1. The zero-order valence-electron chi connectivity index (χ0n) is 13.2. The molecule has 0 bridgehead atoms. The Balaban J connectivity index is 1.70. The highest BCUT2D eigenvalue weighted by molar-refractivity contribution is 7.15. The van der Waals surface area contributed by atoms with Gasteiger partial charge in [0.05, 0.1) is 5.69 Å². The summed E-state index contributed by atoms with van der Waals surface area (Å²) in [6, 6.07) is 0. The minimum atomic E-state index is 0.798. The molecule has 3 atom stereocenters. The van der Waals surface area contributed by atoms with E-state index in [1.54, 1.807) is 11.3 Å². The number of imidazole rings is 1. The monoisotopic (exact) mass is 305 g/mol. The fourth-order valence-corrected chi connectivity index (χ4v) is 4.74. The molecule has 0 aromatic carbocycles. The van der Waals surface area contributed by atoms with E-state index in [0.29, 0.717) is 0 Å². The lowest BCUT2D eigenvalue weighted by atomic mass is 9.71. The molecule has 3 rings (SSSR count). The first-order valence-corrected chi connectivity index (χ1v) is 9.23. The van der Waals surface area contributed by atoms with Crippen molar-refractivity contribution < 1.29 is 0 Å². The molecule has 1 aliphatic carbocycles. The lowest BCUT2D eigenvalue weighted by molar-refractivity contribution is 0.169. The molecule has 1 N–H and O–H groups in total. The molecular formula is C17H27N3S. The Kier molecular flexibility index (Phi) is 4.96. The summed E-state index contributed by atoms with van der Waals surface area (Å²) in [7, 11) is 2.09. The second-order valence-corrected chi connectivity index (χ2v) is 7.45. The molecule has 3 nitrogen and oxygen atoms in total. The molecule has 1 fully saturated rings. The number of nitrogens with one attached hydrogen (secondary N) is 1. The van der Waals surface area contributed by atoms with E-state index in [1.165, 1.54) is 37.8 Å². The maximum atomic E-state index is 4.79. The van der Waals surface area contributed by atoms with E-state index in [1.807, 2.05) is 0 Å². The zero-order valence-corrected chi connectivity index (χ0v) is 14.0. The molecule has 0 amide bonds. The van der Waals surface area contributed by atoms with E-state index in [2.05, 4.69) is 41.5 Å². The molecule has 0 aliphatic heterocycles. The standard InChI is InChI=1S/C17H27N3S/c1-3-4-13-5-6-14(11-18-2)15(9-13)10-16-12-20-7-8-21-17(20)19-16/h7-8,12-15,18H,3-6,9-11H2,1-2H3. The average molecular weight is 305 g/mol. The predicted molar refractivity (Wildman–Crippen MR) is 89.9 cm³/mol. The van der Waals surface area contributed by atoms with Crippen LogP contribution in [-0.2, 0) is 6.42 Å². The summed E-state index contributed by atoms with van der Waals surface area (Å²) in [5, 5.41) is 5.50. The first-order valence-electron chi connectivity index (χ1n) is 8.35. The van der Waals surface area contributed by atoms with Crippen molar-refractivity contribution in [2.75, 3.05) is 13.6 Å². The van der Waals surface area contributed by atoms with Gasteiger partial charge in [-0.15, -0.1) is 11.3 Å². The summed E-state index contributed by atoms with van der Waals surface area (Å²) in [4.78, 5) is 5.93. The van der Waals surface area contributed by atoms with Crippen molar-refractivity contribution in [2.45, 2.75) is 45.4 Å². The third kappa shape index (κ3) is 3.49.